The average Bonchev–Trinajstić information content (AvgIpc) is 3.02. The predicted octanol–water partition coefficient (Wildman–Crippen LogP) is 1.60. The van der Waals surface area contributed by atoms with Gasteiger partial charge in [0.1, 0.15) is 12.1 Å². The summed E-state index contributed by atoms with van der Waals surface area (Å²) in [6, 6.07) is 6.69. The average molecular weight is 258 g/mol. The van der Waals surface area contributed by atoms with Gasteiger partial charge in [-0.25, -0.2) is 4.98 Å². The number of rotatable bonds is 4. The van der Waals surface area contributed by atoms with Gasteiger partial charge in [-0.05, 0) is 36.1 Å². The highest BCUT2D eigenvalue weighted by molar-refractivity contribution is 5.40. The van der Waals surface area contributed by atoms with Gasteiger partial charge in [-0.1, -0.05) is 6.07 Å². The number of hydrogen-bond acceptors (Lipinski definition) is 4. The van der Waals surface area contributed by atoms with Gasteiger partial charge in [-0.2, -0.15) is 5.10 Å². The molecule has 0 spiro atoms. The number of benzene rings is 1. The zero-order valence-electron chi connectivity index (χ0n) is 11.3. The lowest BCUT2D eigenvalue weighted by atomic mass is 10.1. The summed E-state index contributed by atoms with van der Waals surface area (Å²) in [5, 5.41) is 7.80. The molecule has 19 heavy (non-hydrogen) atoms. The smallest absolute Gasteiger partial charge is 0.164 e. The van der Waals surface area contributed by atoms with Crippen LogP contribution in [0.15, 0.2) is 24.5 Å². The molecule has 2 aromatic rings. The first-order chi connectivity index (χ1) is 9.26. The lowest BCUT2D eigenvalue weighted by Gasteiger charge is -2.13. The second-order valence-electron chi connectivity index (χ2n) is 4.87. The minimum Gasteiger partial charge on any atom is -0.497 e. The summed E-state index contributed by atoms with van der Waals surface area (Å²) in [6.07, 6.45) is 3.96. The van der Waals surface area contributed by atoms with Crippen LogP contribution in [0.25, 0.3) is 0 Å². The summed E-state index contributed by atoms with van der Waals surface area (Å²) in [5.74, 6) is 1.75. The topological polar surface area (TPSA) is 52.0 Å². The van der Waals surface area contributed by atoms with Crippen LogP contribution >= 0.6 is 0 Å². The van der Waals surface area contributed by atoms with Crippen molar-refractivity contribution in [3.05, 3.63) is 41.5 Å². The van der Waals surface area contributed by atoms with Gasteiger partial charge < -0.3 is 10.1 Å². The Bertz CT molecular complexity index is 579. The standard InChI is InChI=1S/C14H18N4O/c1-18-9-16-14(17-18)8-15-13-6-4-10-3-5-11(19-2)7-12(10)13/h3,5,7,9,13,15H,4,6,8H2,1-2H3. The Morgan fingerprint density at radius 1 is 1.47 bits per heavy atom. The number of nitrogens with one attached hydrogen (secondary N) is 1. The van der Waals surface area contributed by atoms with Crippen molar-refractivity contribution in [2.24, 2.45) is 7.05 Å². The summed E-state index contributed by atoms with van der Waals surface area (Å²) >= 11 is 0. The second-order valence-corrected chi connectivity index (χ2v) is 4.87. The molecule has 1 aromatic heterocycles. The molecular weight excluding hydrogens is 240 g/mol. The summed E-state index contributed by atoms with van der Waals surface area (Å²) in [4.78, 5) is 4.23. The molecule has 0 fully saturated rings. The van der Waals surface area contributed by atoms with E-state index < -0.39 is 0 Å². The van der Waals surface area contributed by atoms with E-state index in [2.05, 4.69) is 27.5 Å². The van der Waals surface area contributed by atoms with Crippen LogP contribution in [0.3, 0.4) is 0 Å². The maximum absolute atomic E-state index is 5.30. The Kier molecular flexibility index (Phi) is 3.21. The van der Waals surface area contributed by atoms with Crippen molar-refractivity contribution in [1.82, 2.24) is 20.1 Å². The molecule has 1 aromatic carbocycles. The Morgan fingerprint density at radius 2 is 2.37 bits per heavy atom. The largest absolute Gasteiger partial charge is 0.497 e. The Balaban J connectivity index is 1.71. The SMILES string of the molecule is COc1ccc2c(c1)C(NCc1ncn(C)n1)CC2. The highest BCUT2D eigenvalue weighted by atomic mass is 16.5. The van der Waals surface area contributed by atoms with Crippen molar-refractivity contribution < 1.29 is 4.74 Å². The molecule has 0 saturated carbocycles. The van der Waals surface area contributed by atoms with E-state index in [0.29, 0.717) is 12.6 Å². The van der Waals surface area contributed by atoms with E-state index in [1.165, 1.54) is 11.1 Å². The lowest BCUT2D eigenvalue weighted by molar-refractivity contribution is 0.413. The zero-order valence-corrected chi connectivity index (χ0v) is 11.3. The fraction of sp³-hybridized carbons (Fsp3) is 0.429. The van der Waals surface area contributed by atoms with Crippen LogP contribution in [0.4, 0.5) is 0 Å². The maximum Gasteiger partial charge on any atom is 0.164 e. The first kappa shape index (κ1) is 12.2. The molecule has 5 nitrogen and oxygen atoms in total. The van der Waals surface area contributed by atoms with Gasteiger partial charge in [0.05, 0.1) is 13.7 Å². The number of aromatic nitrogens is 3. The van der Waals surface area contributed by atoms with Gasteiger partial charge >= 0.3 is 0 Å². The Morgan fingerprint density at radius 3 is 3.11 bits per heavy atom. The van der Waals surface area contributed by atoms with Crippen LogP contribution < -0.4 is 10.1 Å². The summed E-state index contributed by atoms with van der Waals surface area (Å²) in [6.45, 7) is 0.697. The van der Waals surface area contributed by atoms with Gasteiger partial charge in [-0.3, -0.25) is 4.68 Å². The van der Waals surface area contributed by atoms with Gasteiger partial charge in [0.2, 0.25) is 0 Å². The highest BCUT2D eigenvalue weighted by Crippen LogP contribution is 2.33. The minimum atomic E-state index is 0.369. The van der Waals surface area contributed by atoms with Gasteiger partial charge in [-0.15, -0.1) is 0 Å². The first-order valence-electron chi connectivity index (χ1n) is 6.51. The number of methoxy groups -OCH3 is 1. The van der Waals surface area contributed by atoms with Crippen molar-refractivity contribution in [3.63, 3.8) is 0 Å². The van der Waals surface area contributed by atoms with Gasteiger partial charge in [0, 0.05) is 13.1 Å². The van der Waals surface area contributed by atoms with Gasteiger partial charge in [0.15, 0.2) is 5.82 Å². The van der Waals surface area contributed by atoms with Crippen molar-refractivity contribution >= 4 is 0 Å². The number of aryl methyl sites for hydroxylation is 2. The molecule has 1 aliphatic carbocycles. The van der Waals surface area contributed by atoms with Crippen molar-refractivity contribution in [2.45, 2.75) is 25.4 Å². The van der Waals surface area contributed by atoms with Crippen molar-refractivity contribution in [3.8, 4) is 5.75 Å². The molecule has 0 bridgehead atoms. The van der Waals surface area contributed by atoms with Crippen LogP contribution in [0.2, 0.25) is 0 Å². The van der Waals surface area contributed by atoms with Crippen molar-refractivity contribution in [2.75, 3.05) is 7.11 Å². The Hall–Kier alpha value is -1.88. The van der Waals surface area contributed by atoms with E-state index in [4.69, 9.17) is 4.74 Å². The van der Waals surface area contributed by atoms with E-state index in [-0.39, 0.29) is 0 Å². The quantitative estimate of drug-likeness (QED) is 0.905. The van der Waals surface area contributed by atoms with Crippen LogP contribution in [-0.2, 0) is 20.0 Å². The molecule has 0 saturated heterocycles. The third-order valence-corrected chi connectivity index (χ3v) is 3.58. The zero-order chi connectivity index (χ0) is 13.2. The predicted molar refractivity (Wildman–Crippen MR) is 71.9 cm³/mol. The number of hydrogen-bond donors (Lipinski definition) is 1. The third kappa shape index (κ3) is 2.46. The van der Waals surface area contributed by atoms with Gasteiger partial charge in [0.25, 0.3) is 0 Å². The lowest BCUT2D eigenvalue weighted by Crippen LogP contribution is -2.19. The fourth-order valence-corrected chi connectivity index (χ4v) is 2.60. The molecular formula is C14H18N4O. The van der Waals surface area contributed by atoms with Crippen LogP contribution in [0.5, 0.6) is 5.75 Å². The second kappa shape index (κ2) is 5.01. The molecule has 1 heterocycles. The monoisotopic (exact) mass is 258 g/mol. The van der Waals surface area contributed by atoms with E-state index >= 15 is 0 Å². The summed E-state index contributed by atoms with van der Waals surface area (Å²) in [7, 11) is 3.59. The number of ether oxygens (including phenoxy) is 1. The fourth-order valence-electron chi connectivity index (χ4n) is 2.60. The van der Waals surface area contributed by atoms with Crippen LogP contribution in [-0.4, -0.2) is 21.9 Å². The summed E-state index contributed by atoms with van der Waals surface area (Å²) < 4.78 is 7.02. The minimum absolute atomic E-state index is 0.369. The molecule has 0 amide bonds. The maximum atomic E-state index is 5.30. The normalized spacial score (nSPS) is 17.5. The highest BCUT2D eigenvalue weighted by Gasteiger charge is 2.22. The molecule has 100 valence electrons. The molecule has 1 N–H and O–H groups in total. The first-order valence-corrected chi connectivity index (χ1v) is 6.51. The van der Waals surface area contributed by atoms with Crippen molar-refractivity contribution in [1.29, 1.82) is 0 Å². The third-order valence-electron chi connectivity index (χ3n) is 3.58. The van der Waals surface area contributed by atoms with E-state index in [1.54, 1.807) is 18.1 Å². The van der Waals surface area contributed by atoms with Crippen LogP contribution in [0, 0.1) is 0 Å². The molecule has 0 radical (unpaired) electrons. The molecule has 3 rings (SSSR count). The number of nitrogens with zero attached hydrogens (tertiary/aromatic N) is 3. The molecule has 0 aliphatic heterocycles. The van der Waals surface area contributed by atoms with E-state index in [1.807, 2.05) is 13.1 Å². The molecule has 1 unspecified atom stereocenters. The van der Waals surface area contributed by atoms with E-state index in [9.17, 15) is 0 Å². The molecule has 1 aliphatic rings. The number of fused-ring (bicyclic) bond motifs is 1. The Labute approximate surface area is 112 Å². The van der Waals surface area contributed by atoms with E-state index in [0.717, 1.165) is 24.4 Å². The molecule has 1 atom stereocenters. The molecule has 5 heteroatoms. The summed E-state index contributed by atoms with van der Waals surface area (Å²) in [5.41, 5.74) is 2.75. The van der Waals surface area contributed by atoms with Crippen LogP contribution in [0.1, 0.15) is 29.4 Å².